The van der Waals surface area contributed by atoms with Crippen molar-refractivity contribution in [2.75, 3.05) is 0 Å². The van der Waals surface area contributed by atoms with E-state index in [0.717, 1.165) is 60.4 Å². The van der Waals surface area contributed by atoms with Crippen molar-refractivity contribution in [3.63, 3.8) is 0 Å². The zero-order valence-electron chi connectivity index (χ0n) is 25.1. The number of aromatic nitrogens is 5. The highest BCUT2D eigenvalue weighted by atomic mass is 16.1. The normalized spacial score (nSPS) is 11.9. The van der Waals surface area contributed by atoms with E-state index in [9.17, 15) is 4.79 Å². The SMILES string of the molecule is O=c1c2ccccc2c2cnc(-n3c4ccccc4c4ccc5c6ccccc6n(-c6ccccc6)c5c43)nc2n1-c1ccccc1. The van der Waals surface area contributed by atoms with Gasteiger partial charge in [0.15, 0.2) is 5.65 Å². The summed E-state index contributed by atoms with van der Waals surface area (Å²) < 4.78 is 6.23. The molecule has 0 aliphatic carbocycles. The molecule has 47 heavy (non-hydrogen) atoms. The topological polar surface area (TPSA) is 57.6 Å². The molecule has 0 fully saturated rings. The summed E-state index contributed by atoms with van der Waals surface area (Å²) in [6.07, 6.45) is 1.87. The van der Waals surface area contributed by atoms with Gasteiger partial charge in [0.05, 0.1) is 27.8 Å². The second-order valence-corrected chi connectivity index (χ2v) is 11.8. The molecule has 0 unspecified atom stereocenters. The minimum absolute atomic E-state index is 0.113. The van der Waals surface area contributed by atoms with Crippen LogP contribution in [0.1, 0.15) is 0 Å². The van der Waals surface area contributed by atoms with Gasteiger partial charge in [-0.15, -0.1) is 0 Å². The number of hydrogen-bond acceptors (Lipinski definition) is 3. The lowest BCUT2D eigenvalue weighted by molar-refractivity contribution is 0.964. The van der Waals surface area contributed by atoms with Crippen molar-refractivity contribution in [2.45, 2.75) is 0 Å². The van der Waals surface area contributed by atoms with Crippen molar-refractivity contribution in [1.82, 2.24) is 23.7 Å². The number of benzene rings is 6. The molecule has 4 heterocycles. The Labute approximate surface area is 268 Å². The van der Waals surface area contributed by atoms with Gasteiger partial charge >= 0.3 is 0 Å². The van der Waals surface area contributed by atoms with Crippen LogP contribution in [0.4, 0.5) is 0 Å². The quantitative estimate of drug-likeness (QED) is 0.189. The number of pyridine rings is 1. The van der Waals surface area contributed by atoms with E-state index >= 15 is 0 Å². The summed E-state index contributed by atoms with van der Waals surface area (Å²) in [5.41, 5.74) is 6.49. The van der Waals surface area contributed by atoms with E-state index in [1.807, 2.05) is 66.9 Å². The third-order valence-electron chi connectivity index (χ3n) is 9.32. The highest BCUT2D eigenvalue weighted by Gasteiger charge is 2.23. The van der Waals surface area contributed by atoms with Gasteiger partial charge < -0.3 is 4.57 Å². The average molecular weight is 604 g/mol. The summed E-state index contributed by atoms with van der Waals surface area (Å²) in [6, 6.07) is 49.3. The fraction of sp³-hybridized carbons (Fsp3) is 0. The number of fused-ring (bicyclic) bond motifs is 10. The first-order valence-corrected chi connectivity index (χ1v) is 15.6. The van der Waals surface area contributed by atoms with Gasteiger partial charge in [0.1, 0.15) is 0 Å². The van der Waals surface area contributed by atoms with Gasteiger partial charge in [-0.3, -0.25) is 13.9 Å². The van der Waals surface area contributed by atoms with Crippen LogP contribution >= 0.6 is 0 Å². The van der Waals surface area contributed by atoms with Gasteiger partial charge in [-0.1, -0.05) is 103 Å². The molecule has 6 nitrogen and oxygen atoms in total. The molecule has 6 heteroatoms. The maximum atomic E-state index is 14.1. The summed E-state index contributed by atoms with van der Waals surface area (Å²) in [4.78, 5) is 24.5. The Morgan fingerprint density at radius 3 is 1.53 bits per heavy atom. The van der Waals surface area contributed by atoms with E-state index in [2.05, 4.69) is 94.1 Å². The largest absolute Gasteiger partial charge is 0.307 e. The Balaban J connectivity index is 1.41. The minimum Gasteiger partial charge on any atom is -0.307 e. The average Bonchev–Trinajstić information content (AvgIpc) is 3.66. The van der Waals surface area contributed by atoms with Gasteiger partial charge in [0.2, 0.25) is 5.95 Å². The predicted molar refractivity (Wildman–Crippen MR) is 191 cm³/mol. The smallest absolute Gasteiger partial charge is 0.264 e. The molecule has 0 saturated heterocycles. The molecule has 0 saturated carbocycles. The van der Waals surface area contributed by atoms with Crippen molar-refractivity contribution in [1.29, 1.82) is 0 Å². The Kier molecular flexibility index (Phi) is 5.33. The molecule has 6 aromatic carbocycles. The summed E-state index contributed by atoms with van der Waals surface area (Å²) >= 11 is 0. The van der Waals surface area contributed by atoms with Crippen molar-refractivity contribution in [3.05, 3.63) is 162 Å². The second kappa shape index (κ2) is 9.73. The van der Waals surface area contributed by atoms with Crippen LogP contribution in [0.3, 0.4) is 0 Å². The lowest BCUT2D eigenvalue weighted by Crippen LogP contribution is -2.20. The van der Waals surface area contributed by atoms with Crippen molar-refractivity contribution < 1.29 is 0 Å². The molecule has 4 aromatic heterocycles. The molecule has 0 bridgehead atoms. The van der Waals surface area contributed by atoms with E-state index in [1.54, 1.807) is 4.57 Å². The van der Waals surface area contributed by atoms with E-state index in [0.29, 0.717) is 17.0 Å². The third-order valence-corrected chi connectivity index (χ3v) is 9.32. The Bertz CT molecular complexity index is 2920. The van der Waals surface area contributed by atoms with Crippen LogP contribution in [-0.4, -0.2) is 23.7 Å². The van der Waals surface area contributed by atoms with Crippen LogP contribution in [0.2, 0.25) is 0 Å². The number of hydrogen-bond donors (Lipinski definition) is 0. The number of nitrogens with zero attached hydrogens (tertiary/aromatic N) is 5. The first-order valence-electron chi connectivity index (χ1n) is 15.6. The molecule has 0 spiro atoms. The standard InChI is InChI=1S/C41H25N5O/c47-40-33-20-8-7-17-28(33)34-25-42-41(43-39(34)45(40)27-15-5-2-6-16-27)46-36-22-12-10-19-30(36)32-24-23-31-29-18-9-11-21-35(29)44(37(31)38(32)46)26-13-3-1-4-14-26/h1-25H. The fourth-order valence-corrected chi connectivity index (χ4v) is 7.32. The van der Waals surface area contributed by atoms with E-state index in [1.165, 1.54) is 5.39 Å². The van der Waals surface area contributed by atoms with Crippen LogP contribution < -0.4 is 5.56 Å². The maximum absolute atomic E-state index is 14.1. The molecule has 10 aromatic rings. The first-order chi connectivity index (χ1) is 23.3. The summed E-state index contributed by atoms with van der Waals surface area (Å²) in [7, 11) is 0. The van der Waals surface area contributed by atoms with Gasteiger partial charge in [-0.25, -0.2) is 4.98 Å². The van der Waals surface area contributed by atoms with Crippen LogP contribution in [0.25, 0.3) is 82.7 Å². The molecule has 0 aliphatic heterocycles. The lowest BCUT2D eigenvalue weighted by atomic mass is 10.1. The highest BCUT2D eigenvalue weighted by Crippen LogP contribution is 2.41. The molecule has 220 valence electrons. The monoisotopic (exact) mass is 603 g/mol. The fourth-order valence-electron chi connectivity index (χ4n) is 7.32. The van der Waals surface area contributed by atoms with Crippen LogP contribution in [0.15, 0.2) is 157 Å². The van der Waals surface area contributed by atoms with Gasteiger partial charge in [-0.2, -0.15) is 4.98 Å². The minimum atomic E-state index is -0.113. The van der Waals surface area contributed by atoms with Gasteiger partial charge in [0, 0.05) is 44.2 Å². The van der Waals surface area contributed by atoms with Crippen LogP contribution in [-0.2, 0) is 0 Å². The second-order valence-electron chi connectivity index (χ2n) is 11.8. The van der Waals surface area contributed by atoms with Crippen LogP contribution in [0.5, 0.6) is 0 Å². The van der Waals surface area contributed by atoms with Crippen LogP contribution in [0, 0.1) is 0 Å². The molecule has 0 aliphatic rings. The Morgan fingerprint density at radius 1 is 0.404 bits per heavy atom. The van der Waals surface area contributed by atoms with E-state index in [4.69, 9.17) is 9.97 Å². The van der Waals surface area contributed by atoms with Gasteiger partial charge in [0.25, 0.3) is 5.56 Å². The maximum Gasteiger partial charge on any atom is 0.264 e. The molecule has 0 radical (unpaired) electrons. The molecular formula is C41H25N5O. The molecule has 0 atom stereocenters. The third kappa shape index (κ3) is 3.58. The Morgan fingerprint density at radius 2 is 0.894 bits per heavy atom. The molecule has 10 rings (SSSR count). The number of rotatable bonds is 3. The molecular weight excluding hydrogens is 578 g/mol. The zero-order valence-corrected chi connectivity index (χ0v) is 25.1. The van der Waals surface area contributed by atoms with Gasteiger partial charge in [-0.05, 0) is 47.9 Å². The Hall–Kier alpha value is -6.53. The summed E-state index contributed by atoms with van der Waals surface area (Å²) in [5.74, 6) is 0.500. The van der Waals surface area contributed by atoms with E-state index in [-0.39, 0.29) is 5.56 Å². The number of para-hydroxylation sites is 4. The summed E-state index contributed by atoms with van der Waals surface area (Å²) in [6.45, 7) is 0. The van der Waals surface area contributed by atoms with Crippen molar-refractivity contribution >= 4 is 65.4 Å². The molecule has 0 N–H and O–H groups in total. The molecule has 0 amide bonds. The highest BCUT2D eigenvalue weighted by molar-refractivity contribution is 6.23. The summed E-state index contributed by atoms with van der Waals surface area (Å²) in [5, 5.41) is 6.82. The zero-order chi connectivity index (χ0) is 31.1. The van der Waals surface area contributed by atoms with E-state index < -0.39 is 0 Å². The predicted octanol–water partition coefficient (Wildman–Crippen LogP) is 9.13. The lowest BCUT2D eigenvalue weighted by Gasteiger charge is -2.15. The first kappa shape index (κ1) is 25.8. The van der Waals surface area contributed by atoms with Crippen molar-refractivity contribution in [3.8, 4) is 17.3 Å². The van der Waals surface area contributed by atoms with Crippen molar-refractivity contribution in [2.24, 2.45) is 0 Å².